The highest BCUT2D eigenvalue weighted by atomic mass is 35.5. The third kappa shape index (κ3) is 12.0. The number of terminal acetylenes is 1. The molecule has 4 saturated heterocycles. The maximum Gasteiger partial charge on any atom is 0.319 e. The summed E-state index contributed by atoms with van der Waals surface area (Å²) in [6.07, 6.45) is 13.9. The molecule has 0 spiro atoms. The van der Waals surface area contributed by atoms with E-state index in [9.17, 15) is 23.5 Å². The molecule has 3 aromatic heterocycles. The van der Waals surface area contributed by atoms with Gasteiger partial charge in [-0.3, -0.25) is 19.5 Å². The second-order valence-electron chi connectivity index (χ2n) is 21.7. The molecule has 0 radical (unpaired) electrons. The topological polar surface area (TPSA) is 171 Å². The van der Waals surface area contributed by atoms with Crippen molar-refractivity contribution in [2.24, 2.45) is 11.8 Å². The van der Waals surface area contributed by atoms with E-state index in [4.69, 9.17) is 37.0 Å². The van der Waals surface area contributed by atoms with Crippen molar-refractivity contribution in [2.45, 2.75) is 96.3 Å². The third-order valence-corrected chi connectivity index (χ3v) is 16.3. The second-order valence-corrected chi connectivity index (χ2v) is 22.1. The summed E-state index contributed by atoms with van der Waals surface area (Å²) in [7, 11) is 0. The first kappa shape index (κ1) is 55.8. The fourth-order valence-corrected chi connectivity index (χ4v) is 11.9. The van der Waals surface area contributed by atoms with Gasteiger partial charge in [-0.05, 0) is 129 Å². The molecule has 4 aromatic carbocycles. The van der Waals surface area contributed by atoms with Crippen LogP contribution >= 0.6 is 11.6 Å². The molecular weight excluding hydrogens is 1050 g/mol. The second kappa shape index (κ2) is 24.5. The molecule has 418 valence electrons. The molecule has 11 rings (SSSR count). The van der Waals surface area contributed by atoms with E-state index in [1.165, 1.54) is 36.5 Å². The molecule has 7 aromatic rings. The van der Waals surface area contributed by atoms with E-state index in [0.717, 1.165) is 63.7 Å². The molecule has 7 heterocycles. The Morgan fingerprint density at radius 2 is 1.73 bits per heavy atom. The number of aromatic nitrogens is 4. The van der Waals surface area contributed by atoms with Gasteiger partial charge < -0.3 is 39.5 Å². The molecule has 19 heteroatoms. The molecule has 0 saturated carbocycles. The number of carbonyl (C=O) groups is 2. The number of carbonyl (C=O) groups excluding carboxylic acids is 2. The summed E-state index contributed by atoms with van der Waals surface area (Å²) in [5.74, 6) is 2.10. The van der Waals surface area contributed by atoms with Gasteiger partial charge in [0.25, 0.3) is 5.88 Å². The third-order valence-electron chi connectivity index (χ3n) is 16.0. The van der Waals surface area contributed by atoms with Crippen LogP contribution in [0.2, 0.25) is 5.02 Å². The van der Waals surface area contributed by atoms with Crippen molar-refractivity contribution >= 4 is 51.4 Å². The lowest BCUT2D eigenvalue weighted by Gasteiger charge is -2.34. The van der Waals surface area contributed by atoms with Crippen LogP contribution in [0.3, 0.4) is 0 Å². The number of benzene rings is 4. The van der Waals surface area contributed by atoms with E-state index in [2.05, 4.69) is 48.4 Å². The number of ether oxygens (including phenoxy) is 2. The average Bonchev–Trinajstić information content (AvgIpc) is 4.21. The maximum atomic E-state index is 16.9. The van der Waals surface area contributed by atoms with Crippen molar-refractivity contribution < 1.29 is 41.9 Å². The predicted octanol–water partition coefficient (Wildman–Crippen LogP) is 10.6. The lowest BCUT2D eigenvalue weighted by atomic mass is 9.91. The summed E-state index contributed by atoms with van der Waals surface area (Å²) < 4.78 is 63.6. The van der Waals surface area contributed by atoms with E-state index in [1.807, 2.05) is 37.8 Å². The Hall–Kier alpha value is -7.46. The fourth-order valence-electron chi connectivity index (χ4n) is 11.7. The quantitative estimate of drug-likeness (QED) is 0.0617. The molecule has 5 unspecified atom stereocenters. The summed E-state index contributed by atoms with van der Waals surface area (Å²) >= 11 is 6.02. The molecular formula is C61H65ClF3N9O6. The molecule has 4 fully saturated rings. The zero-order valence-corrected chi connectivity index (χ0v) is 46.0. The standard InChI is InChI=1S/C46H52F2N8O5.C15H13ClFNO/c1-5-33-36(47)11-8-29-19-32(57)20-34(40(29)33)42-41(48)43-35(22-49-42)44(55-23-30-9-10-31(24-55)50-30)52-46(51-43)59-18-17-54-15-12-28(13-16-54)25-60-38-21-37(61-53-38)39(26(2)3)45(58)56-14-6-7-27(56)4;1-10(18-9-19)11-5-7-12(8-6-11)15-13(16)3-2-4-14(15)17/h1,8,11,19-22,26-28,30-31,39,50,57H,6-7,9-10,12-18,23-25H2,2-4H3;2-10H,1H3,(H,18,19). The molecule has 0 aliphatic carbocycles. The number of likely N-dealkylation sites (tertiary alicyclic amines) is 2. The van der Waals surface area contributed by atoms with Crippen molar-refractivity contribution in [1.29, 1.82) is 0 Å². The number of nitrogens with one attached hydrogen (secondary N) is 2. The van der Waals surface area contributed by atoms with E-state index in [-0.39, 0.29) is 75.8 Å². The van der Waals surface area contributed by atoms with Gasteiger partial charge in [0.1, 0.15) is 46.9 Å². The fraction of sp³-hybridized carbons (Fsp3) is 0.410. The van der Waals surface area contributed by atoms with Crippen LogP contribution in [0.5, 0.6) is 17.6 Å². The Labute approximate surface area is 468 Å². The maximum absolute atomic E-state index is 16.9. The number of hydrogen-bond acceptors (Lipinski definition) is 13. The Morgan fingerprint density at radius 1 is 0.963 bits per heavy atom. The zero-order chi connectivity index (χ0) is 56.2. The van der Waals surface area contributed by atoms with E-state index < -0.39 is 17.6 Å². The first-order valence-corrected chi connectivity index (χ1v) is 27.8. The Kier molecular flexibility index (Phi) is 17.1. The van der Waals surface area contributed by atoms with Crippen LogP contribution in [-0.4, -0.2) is 118 Å². The van der Waals surface area contributed by atoms with Crippen molar-refractivity contribution in [1.82, 2.24) is 40.5 Å². The van der Waals surface area contributed by atoms with Gasteiger partial charge in [-0.1, -0.05) is 67.8 Å². The van der Waals surface area contributed by atoms with Gasteiger partial charge in [-0.15, -0.1) is 6.42 Å². The normalized spacial score (nSPS) is 19.2. The summed E-state index contributed by atoms with van der Waals surface area (Å²) in [5.41, 5.74) is 2.06. The summed E-state index contributed by atoms with van der Waals surface area (Å²) in [5, 5.41) is 22.6. The highest BCUT2D eigenvalue weighted by Crippen LogP contribution is 2.40. The molecule has 4 aliphatic rings. The number of rotatable bonds is 16. The minimum atomic E-state index is -0.751. The number of phenolic OH excluding ortho intramolecular Hbond substituents is 1. The summed E-state index contributed by atoms with van der Waals surface area (Å²) in [4.78, 5) is 44.2. The molecule has 3 N–H and O–H groups in total. The summed E-state index contributed by atoms with van der Waals surface area (Å²) in [6, 6.07) is 20.0. The molecule has 15 nitrogen and oxygen atoms in total. The number of piperidine rings is 1. The highest BCUT2D eigenvalue weighted by Gasteiger charge is 2.37. The molecule has 80 heavy (non-hydrogen) atoms. The smallest absolute Gasteiger partial charge is 0.319 e. The number of amides is 2. The van der Waals surface area contributed by atoms with E-state index in [1.54, 1.807) is 30.3 Å². The predicted molar refractivity (Wildman–Crippen MR) is 301 cm³/mol. The number of phenols is 1. The number of halogens is 4. The number of piperazine rings is 1. The number of fused-ring (bicyclic) bond motifs is 4. The van der Waals surface area contributed by atoms with E-state index >= 15 is 4.39 Å². The van der Waals surface area contributed by atoms with Crippen LogP contribution < -0.4 is 25.0 Å². The lowest BCUT2D eigenvalue weighted by molar-refractivity contribution is -0.135. The first-order valence-electron chi connectivity index (χ1n) is 27.5. The van der Waals surface area contributed by atoms with Crippen LogP contribution in [0.15, 0.2) is 83.5 Å². The SMILES string of the molecule is C#Cc1c(F)ccc2cc(O)cc(-c3ncc4c(N5CC6CCC(C5)N6)nc(OCCN5CCC(COc6cc(C(C(=O)N7CCCC7C)C(C)C)on6)CC5)nc4c3F)c12.CC(NC=O)c1ccc(-c2c(F)cccc2Cl)cc1. The van der Waals surface area contributed by atoms with Crippen LogP contribution in [-0.2, 0) is 9.59 Å². The molecule has 4 aliphatic heterocycles. The van der Waals surface area contributed by atoms with Gasteiger partial charge in [0.2, 0.25) is 12.3 Å². The minimum Gasteiger partial charge on any atom is -0.508 e. The van der Waals surface area contributed by atoms with Crippen LogP contribution in [0.4, 0.5) is 19.0 Å². The van der Waals surface area contributed by atoms with Crippen LogP contribution in [0.1, 0.15) is 95.1 Å². The zero-order valence-electron chi connectivity index (χ0n) is 45.2. The number of nitrogens with zero attached hydrogens (tertiary/aromatic N) is 7. The molecule has 2 bridgehead atoms. The monoisotopic (exact) mass is 1110 g/mol. The van der Waals surface area contributed by atoms with Crippen LogP contribution in [0.25, 0.3) is 44.1 Å². The van der Waals surface area contributed by atoms with Gasteiger partial charge in [0.05, 0.1) is 28.6 Å². The van der Waals surface area contributed by atoms with Gasteiger partial charge in [-0.25, -0.2) is 13.2 Å². The summed E-state index contributed by atoms with van der Waals surface area (Å²) in [6.45, 7) is 13.3. The lowest BCUT2D eigenvalue weighted by Crippen LogP contribution is -2.51. The van der Waals surface area contributed by atoms with E-state index in [0.29, 0.717) is 95.0 Å². The van der Waals surface area contributed by atoms with Crippen molar-refractivity contribution in [3.8, 4) is 52.4 Å². The van der Waals surface area contributed by atoms with Gasteiger partial charge in [-0.2, -0.15) is 9.97 Å². The Bertz CT molecular complexity index is 3390. The Morgan fingerprint density at radius 3 is 2.41 bits per heavy atom. The Balaban J connectivity index is 0.000000320. The van der Waals surface area contributed by atoms with Crippen molar-refractivity contribution in [2.75, 3.05) is 57.4 Å². The van der Waals surface area contributed by atoms with Gasteiger partial charge in [0.15, 0.2) is 11.6 Å². The van der Waals surface area contributed by atoms with Crippen molar-refractivity contribution in [3.63, 3.8) is 0 Å². The van der Waals surface area contributed by atoms with Gasteiger partial charge >= 0.3 is 6.01 Å². The highest BCUT2D eigenvalue weighted by molar-refractivity contribution is 6.33. The first-order chi connectivity index (χ1) is 38.7. The number of anilines is 1. The van der Waals surface area contributed by atoms with Crippen molar-refractivity contribution in [3.05, 3.63) is 118 Å². The van der Waals surface area contributed by atoms with Gasteiger partial charge in [0, 0.05) is 73.1 Å². The minimum absolute atomic E-state index is 0.0126. The number of aromatic hydroxyl groups is 1. The number of pyridine rings is 1. The molecule has 5 atom stereocenters. The number of hydrogen-bond donors (Lipinski definition) is 3. The largest absolute Gasteiger partial charge is 0.508 e. The van der Waals surface area contributed by atoms with Crippen LogP contribution in [0, 0.1) is 41.6 Å². The molecule has 2 amide bonds. The average molecular weight is 1110 g/mol.